The highest BCUT2D eigenvalue weighted by atomic mass is 35.5. The van der Waals surface area contributed by atoms with E-state index in [1.54, 1.807) is 12.1 Å². The molecule has 0 radical (unpaired) electrons. The summed E-state index contributed by atoms with van der Waals surface area (Å²) in [5, 5.41) is 6.21. The number of urea groups is 1. The van der Waals surface area contributed by atoms with Crippen LogP contribution in [0.5, 0.6) is 0 Å². The molecule has 1 fully saturated rings. The van der Waals surface area contributed by atoms with E-state index >= 15 is 0 Å². The van der Waals surface area contributed by atoms with Gasteiger partial charge in [0.1, 0.15) is 0 Å². The van der Waals surface area contributed by atoms with Gasteiger partial charge in [-0.3, -0.25) is 9.80 Å². The quantitative estimate of drug-likeness (QED) is 0.818. The van der Waals surface area contributed by atoms with Crippen LogP contribution < -0.4 is 10.6 Å². The van der Waals surface area contributed by atoms with E-state index in [0.717, 1.165) is 39.3 Å². The molecule has 2 amide bonds. The first kappa shape index (κ1) is 18.7. The zero-order valence-corrected chi connectivity index (χ0v) is 15.6. The molecule has 26 heavy (non-hydrogen) atoms. The van der Waals surface area contributed by atoms with E-state index in [4.69, 9.17) is 11.6 Å². The van der Waals surface area contributed by atoms with Gasteiger partial charge < -0.3 is 10.6 Å². The maximum atomic E-state index is 12.0. The van der Waals surface area contributed by atoms with E-state index in [9.17, 15) is 4.79 Å². The van der Waals surface area contributed by atoms with Crippen molar-refractivity contribution in [2.24, 2.45) is 0 Å². The monoisotopic (exact) mass is 372 g/mol. The summed E-state index contributed by atoms with van der Waals surface area (Å²) >= 11 is 6.04. The van der Waals surface area contributed by atoms with Crippen molar-refractivity contribution >= 4 is 23.3 Å². The van der Waals surface area contributed by atoms with Gasteiger partial charge in [0.15, 0.2) is 0 Å². The van der Waals surface area contributed by atoms with Crippen LogP contribution in [0.25, 0.3) is 0 Å². The molecule has 1 saturated heterocycles. The zero-order chi connectivity index (χ0) is 18.2. The van der Waals surface area contributed by atoms with Crippen LogP contribution in [0.3, 0.4) is 0 Å². The molecule has 1 heterocycles. The van der Waals surface area contributed by atoms with Crippen LogP contribution in [0.1, 0.15) is 5.56 Å². The molecule has 2 N–H and O–H groups in total. The first-order valence-corrected chi connectivity index (χ1v) is 9.36. The van der Waals surface area contributed by atoms with Crippen LogP contribution in [0.2, 0.25) is 5.02 Å². The highest BCUT2D eigenvalue weighted by Crippen LogP contribution is 2.20. The van der Waals surface area contributed by atoms with Crippen molar-refractivity contribution in [3.8, 4) is 0 Å². The minimum atomic E-state index is -0.221. The van der Waals surface area contributed by atoms with Gasteiger partial charge in [0.05, 0.1) is 10.7 Å². The first-order chi connectivity index (χ1) is 12.7. The van der Waals surface area contributed by atoms with Gasteiger partial charge in [-0.05, 0) is 17.7 Å². The largest absolute Gasteiger partial charge is 0.337 e. The predicted molar refractivity (Wildman–Crippen MR) is 107 cm³/mol. The maximum Gasteiger partial charge on any atom is 0.319 e. The molecule has 1 aliphatic heterocycles. The highest BCUT2D eigenvalue weighted by Gasteiger charge is 2.16. The fourth-order valence-electron chi connectivity index (χ4n) is 3.07. The van der Waals surface area contributed by atoms with E-state index in [0.29, 0.717) is 17.3 Å². The normalized spacial score (nSPS) is 15.6. The smallest absolute Gasteiger partial charge is 0.319 e. The number of hydrogen-bond acceptors (Lipinski definition) is 3. The zero-order valence-electron chi connectivity index (χ0n) is 14.8. The Labute approximate surface area is 159 Å². The molecule has 2 aromatic rings. The summed E-state index contributed by atoms with van der Waals surface area (Å²) in [6, 6.07) is 17.6. The molecule has 2 aromatic carbocycles. The number of amides is 2. The number of benzene rings is 2. The Hall–Kier alpha value is -2.08. The average molecular weight is 373 g/mol. The van der Waals surface area contributed by atoms with Crippen molar-refractivity contribution in [1.29, 1.82) is 0 Å². The van der Waals surface area contributed by atoms with Gasteiger partial charge in [0.2, 0.25) is 0 Å². The van der Waals surface area contributed by atoms with Gasteiger partial charge in [-0.1, -0.05) is 54.1 Å². The Morgan fingerprint density at radius 2 is 1.58 bits per heavy atom. The number of para-hydroxylation sites is 1. The molecule has 3 rings (SSSR count). The van der Waals surface area contributed by atoms with Crippen LogP contribution >= 0.6 is 11.6 Å². The number of piperazine rings is 1. The molecular formula is C20H25ClN4O. The molecule has 138 valence electrons. The van der Waals surface area contributed by atoms with Gasteiger partial charge in [-0.2, -0.15) is 0 Å². The minimum absolute atomic E-state index is 0.221. The molecule has 5 nitrogen and oxygen atoms in total. The summed E-state index contributed by atoms with van der Waals surface area (Å²) in [5.41, 5.74) is 1.99. The molecule has 6 heteroatoms. The molecule has 0 aromatic heterocycles. The van der Waals surface area contributed by atoms with Crippen LogP contribution in [0.15, 0.2) is 54.6 Å². The average Bonchev–Trinajstić information content (AvgIpc) is 2.66. The molecular weight excluding hydrogens is 348 g/mol. The third kappa shape index (κ3) is 5.73. The number of rotatable bonds is 6. The number of nitrogens with one attached hydrogen (secondary N) is 2. The van der Waals surface area contributed by atoms with E-state index in [-0.39, 0.29) is 6.03 Å². The van der Waals surface area contributed by atoms with Gasteiger partial charge in [-0.15, -0.1) is 0 Å². The van der Waals surface area contributed by atoms with Crippen LogP contribution in [-0.4, -0.2) is 55.1 Å². The van der Waals surface area contributed by atoms with Crippen LogP contribution in [0.4, 0.5) is 10.5 Å². The number of carbonyl (C=O) groups is 1. The first-order valence-electron chi connectivity index (χ1n) is 8.99. The third-order valence-electron chi connectivity index (χ3n) is 4.55. The van der Waals surface area contributed by atoms with Crippen molar-refractivity contribution in [2.45, 2.75) is 6.54 Å². The van der Waals surface area contributed by atoms with E-state index < -0.39 is 0 Å². The van der Waals surface area contributed by atoms with Crippen molar-refractivity contribution in [2.75, 3.05) is 44.6 Å². The Bertz CT molecular complexity index is 702. The third-order valence-corrected chi connectivity index (χ3v) is 4.88. The predicted octanol–water partition coefficient (Wildman–Crippen LogP) is 3.28. The summed E-state index contributed by atoms with van der Waals surface area (Å²) in [7, 11) is 0. The van der Waals surface area contributed by atoms with Crippen molar-refractivity contribution in [3.05, 3.63) is 65.2 Å². The number of halogens is 1. The summed E-state index contributed by atoms with van der Waals surface area (Å²) < 4.78 is 0. The Morgan fingerprint density at radius 3 is 2.31 bits per heavy atom. The minimum Gasteiger partial charge on any atom is -0.337 e. The van der Waals surface area contributed by atoms with E-state index in [2.05, 4.69) is 50.8 Å². The van der Waals surface area contributed by atoms with Gasteiger partial charge in [-0.25, -0.2) is 4.79 Å². The second-order valence-corrected chi connectivity index (χ2v) is 6.87. The topological polar surface area (TPSA) is 47.6 Å². The fourth-order valence-corrected chi connectivity index (χ4v) is 3.25. The lowest BCUT2D eigenvalue weighted by Gasteiger charge is -2.34. The highest BCUT2D eigenvalue weighted by molar-refractivity contribution is 6.33. The van der Waals surface area contributed by atoms with Crippen LogP contribution in [0, 0.1) is 0 Å². The van der Waals surface area contributed by atoms with Crippen molar-refractivity contribution < 1.29 is 4.79 Å². The second-order valence-electron chi connectivity index (χ2n) is 6.46. The lowest BCUT2D eigenvalue weighted by Crippen LogP contribution is -2.48. The van der Waals surface area contributed by atoms with Gasteiger partial charge in [0.25, 0.3) is 0 Å². The summed E-state index contributed by atoms with van der Waals surface area (Å²) in [4.78, 5) is 16.8. The Balaban J connectivity index is 1.32. The fraction of sp³-hybridized carbons (Fsp3) is 0.350. The van der Waals surface area contributed by atoms with Crippen molar-refractivity contribution in [1.82, 2.24) is 15.1 Å². The Morgan fingerprint density at radius 1 is 0.923 bits per heavy atom. The number of anilines is 1. The molecule has 0 bridgehead atoms. The second kappa shape index (κ2) is 9.57. The van der Waals surface area contributed by atoms with E-state index in [1.165, 1.54) is 5.56 Å². The lowest BCUT2D eigenvalue weighted by molar-refractivity contribution is 0.128. The lowest BCUT2D eigenvalue weighted by atomic mass is 10.2. The SMILES string of the molecule is O=C(NCCN1CCN(Cc2ccccc2)CC1)Nc1ccccc1Cl. The summed E-state index contributed by atoms with van der Waals surface area (Å²) in [6.07, 6.45) is 0. The molecule has 0 saturated carbocycles. The Kier molecular flexibility index (Phi) is 6.89. The molecule has 0 spiro atoms. The van der Waals surface area contributed by atoms with Crippen LogP contribution in [-0.2, 0) is 6.54 Å². The van der Waals surface area contributed by atoms with E-state index in [1.807, 2.05) is 12.1 Å². The molecule has 1 aliphatic rings. The summed E-state index contributed by atoms with van der Waals surface area (Å²) in [5.74, 6) is 0. The number of hydrogen-bond donors (Lipinski definition) is 2. The van der Waals surface area contributed by atoms with Gasteiger partial charge in [0, 0.05) is 45.8 Å². The standard InChI is InChI=1S/C20H25ClN4O/c21-18-8-4-5-9-19(18)23-20(26)22-10-11-24-12-14-25(15-13-24)16-17-6-2-1-3-7-17/h1-9H,10-16H2,(H2,22,23,26). The molecule has 0 aliphatic carbocycles. The number of nitrogens with zero attached hydrogens (tertiary/aromatic N) is 2. The molecule has 0 unspecified atom stereocenters. The van der Waals surface area contributed by atoms with Gasteiger partial charge >= 0.3 is 6.03 Å². The van der Waals surface area contributed by atoms with Crippen molar-refractivity contribution in [3.63, 3.8) is 0 Å². The molecule has 0 atom stereocenters. The maximum absolute atomic E-state index is 12.0. The summed E-state index contributed by atoms with van der Waals surface area (Å²) in [6.45, 7) is 6.65. The number of carbonyl (C=O) groups excluding carboxylic acids is 1.